The zero-order valence-corrected chi connectivity index (χ0v) is 38.9. The Labute approximate surface area is 369 Å². The van der Waals surface area contributed by atoms with E-state index >= 15 is 0 Å². The molecule has 0 fully saturated rings. The molecule has 0 saturated carbocycles. The predicted molar refractivity (Wildman–Crippen MR) is 258 cm³/mol. The highest BCUT2D eigenvalue weighted by Gasteiger charge is 2.44. The van der Waals surface area contributed by atoms with Gasteiger partial charge >= 0.3 is 0 Å². The number of fused-ring (bicyclic) bond motifs is 6. The fraction of sp³-hybridized carbons (Fsp3) is 0.385. The van der Waals surface area contributed by atoms with Crippen LogP contribution >= 0.6 is 0 Å². The van der Waals surface area contributed by atoms with Crippen molar-refractivity contribution in [3.05, 3.63) is 143 Å². The van der Waals surface area contributed by atoms with Gasteiger partial charge in [0.05, 0.1) is 16.7 Å². The maximum absolute atomic E-state index is 12.3. The predicted octanol–water partition coefficient (Wildman–Crippen LogP) is 12.1. The van der Waals surface area contributed by atoms with Gasteiger partial charge in [-0.15, -0.1) is 0 Å². The van der Waals surface area contributed by atoms with Gasteiger partial charge in [-0.05, 0) is 124 Å². The average molecular weight is 875 g/mol. The van der Waals surface area contributed by atoms with E-state index < -0.39 is 31.1 Å². The number of anilines is 2. The lowest BCUT2D eigenvalue weighted by atomic mass is 9.78. The van der Waals surface area contributed by atoms with Gasteiger partial charge in [0.25, 0.3) is 20.2 Å². The molecular weight excluding hydrogens is 813 g/mol. The summed E-state index contributed by atoms with van der Waals surface area (Å²) in [4.78, 5) is 4.69. The lowest BCUT2D eigenvalue weighted by molar-refractivity contribution is 0.473. The molecule has 328 valence electrons. The highest BCUT2D eigenvalue weighted by Crippen LogP contribution is 2.52. The lowest BCUT2D eigenvalue weighted by Gasteiger charge is -2.32. The molecule has 62 heavy (non-hydrogen) atoms. The first-order valence-electron chi connectivity index (χ1n) is 22.1. The quantitative estimate of drug-likeness (QED) is 0.0572. The van der Waals surface area contributed by atoms with Crippen molar-refractivity contribution in [2.45, 2.75) is 115 Å². The fourth-order valence-corrected chi connectivity index (χ4v) is 11.0. The summed E-state index contributed by atoms with van der Waals surface area (Å²) in [5, 5.41) is 4.17. The zero-order valence-electron chi connectivity index (χ0n) is 37.3. The summed E-state index contributed by atoms with van der Waals surface area (Å²) in [7, 11) is -8.47. The fourth-order valence-electron chi connectivity index (χ4n) is 9.96. The molecular formula is C52H62N2O6S2. The van der Waals surface area contributed by atoms with Crippen LogP contribution in [0.15, 0.2) is 120 Å². The van der Waals surface area contributed by atoms with Crippen molar-refractivity contribution in [1.82, 2.24) is 0 Å². The largest absolute Gasteiger partial charge is 0.364 e. The van der Waals surface area contributed by atoms with Crippen molar-refractivity contribution in [2.75, 3.05) is 28.6 Å². The van der Waals surface area contributed by atoms with E-state index in [1.54, 1.807) is 12.1 Å². The Bertz CT molecular complexity index is 2820. The highest BCUT2D eigenvalue weighted by atomic mass is 32.2. The number of unbranched alkanes of at least 4 members (excludes halogenated alkanes) is 3. The van der Waals surface area contributed by atoms with Gasteiger partial charge in [-0.25, -0.2) is 0 Å². The minimum Gasteiger partial charge on any atom is -0.364 e. The minimum absolute atomic E-state index is 0.0653. The second-order valence-corrected chi connectivity index (χ2v) is 21.3. The van der Waals surface area contributed by atoms with Crippen LogP contribution in [-0.4, -0.2) is 50.8 Å². The maximum atomic E-state index is 12.3. The number of hydrogen-bond donors (Lipinski definition) is 2. The van der Waals surface area contributed by atoms with E-state index in [-0.39, 0.29) is 16.7 Å². The molecule has 8 nitrogen and oxygen atoms in total. The molecule has 2 heterocycles. The number of benzene rings is 5. The van der Waals surface area contributed by atoms with Crippen molar-refractivity contribution in [2.24, 2.45) is 0 Å². The first-order valence-corrected chi connectivity index (χ1v) is 25.2. The third kappa shape index (κ3) is 9.03. The third-order valence-electron chi connectivity index (χ3n) is 13.1. The molecule has 1 atom stereocenters. The van der Waals surface area contributed by atoms with Gasteiger partial charge in [0.15, 0.2) is 0 Å². The second-order valence-electron chi connectivity index (χ2n) is 18.3. The molecule has 0 amide bonds. The number of hydrogen-bond acceptors (Lipinski definition) is 6. The molecule has 2 N–H and O–H groups in total. The molecule has 2 aliphatic rings. The first-order chi connectivity index (χ1) is 29.4. The average Bonchev–Trinajstić information content (AvgIpc) is 3.58. The second kappa shape index (κ2) is 17.8. The Morgan fingerprint density at radius 2 is 1.47 bits per heavy atom. The number of allylic oxidation sites excluding steroid dienone is 5. The normalized spacial score (nSPS) is 18.1. The van der Waals surface area contributed by atoms with Gasteiger partial charge in [0.2, 0.25) is 0 Å². The van der Waals surface area contributed by atoms with Gasteiger partial charge in [0, 0.05) is 41.0 Å². The Kier molecular flexibility index (Phi) is 13.0. The summed E-state index contributed by atoms with van der Waals surface area (Å²) in [6.07, 6.45) is 15.2. The summed E-state index contributed by atoms with van der Waals surface area (Å²) < 4.78 is 67.6. The summed E-state index contributed by atoms with van der Waals surface area (Å²) in [6, 6.07) is 28.7. The van der Waals surface area contributed by atoms with Crippen LogP contribution in [0.5, 0.6) is 0 Å². The minimum atomic E-state index is -4.40. The van der Waals surface area contributed by atoms with Crippen LogP contribution in [0.25, 0.3) is 27.1 Å². The van der Waals surface area contributed by atoms with Gasteiger partial charge in [-0.3, -0.25) is 9.11 Å². The topological polar surface area (TPSA) is 115 Å². The summed E-state index contributed by atoms with van der Waals surface area (Å²) in [6.45, 7) is 17.0. The molecule has 1 unspecified atom stereocenters. The van der Waals surface area contributed by atoms with Crippen LogP contribution < -0.4 is 9.80 Å². The monoisotopic (exact) mass is 874 g/mol. The van der Waals surface area contributed by atoms with E-state index in [1.165, 1.54) is 33.5 Å². The van der Waals surface area contributed by atoms with Crippen molar-refractivity contribution < 1.29 is 25.9 Å². The van der Waals surface area contributed by atoms with E-state index in [0.717, 1.165) is 83.2 Å². The van der Waals surface area contributed by atoms with Crippen LogP contribution in [0, 0.1) is 6.92 Å². The van der Waals surface area contributed by atoms with E-state index in [0.29, 0.717) is 19.4 Å². The van der Waals surface area contributed by atoms with Crippen molar-refractivity contribution in [1.29, 1.82) is 0 Å². The third-order valence-corrected chi connectivity index (χ3v) is 14.8. The smallest absolute Gasteiger partial charge is 0.294 e. The molecule has 7 rings (SSSR count). The highest BCUT2D eigenvalue weighted by molar-refractivity contribution is 7.86. The van der Waals surface area contributed by atoms with Crippen LogP contribution in [0.4, 0.5) is 11.4 Å². The SMILES string of the molecule is CCCCc1cccc(C(=C\C=C2\N(CCCCS(=O)(=O)O)c3ccc4c(C)cccc4c3C2(C)C)/C=C/C2N(CCCC)c3ccc4ccc(S(=O)(=O)O)cc4c3C2(C)C)c1. The molecule has 2 aliphatic heterocycles. The Morgan fingerprint density at radius 3 is 2.19 bits per heavy atom. The van der Waals surface area contributed by atoms with Gasteiger partial charge < -0.3 is 9.80 Å². The molecule has 10 heteroatoms. The summed E-state index contributed by atoms with van der Waals surface area (Å²) in [5.41, 5.74) is 9.44. The Balaban J connectivity index is 1.37. The standard InChI is InChI=1S/C52H62N2O6S2/c1-8-10-17-37-18-15-19-40(34-37)38(24-30-48-52(6,7)50-44-35-41(62(58,59)60)25-21-39(44)22-27-45(50)53(48)31-11-9-2)23-29-47-51(4,5)49-43-20-14-16-36(3)42(43)26-28-46(49)54(47)32-12-13-33-61(55,56)57/h14-16,18-30,34-35,48H,8-13,17,31-33H2,1-7H3,(H,55,56,57)(H,58,59,60)/b30-24+,38-23-,47-29+. The maximum Gasteiger partial charge on any atom is 0.294 e. The number of aryl methyl sites for hydroxylation is 2. The van der Waals surface area contributed by atoms with Crippen LogP contribution in [-0.2, 0) is 37.5 Å². The van der Waals surface area contributed by atoms with Crippen LogP contribution in [0.3, 0.4) is 0 Å². The summed E-state index contributed by atoms with van der Waals surface area (Å²) in [5.74, 6) is -0.273. The van der Waals surface area contributed by atoms with E-state index in [2.05, 4.69) is 143 Å². The first kappa shape index (κ1) is 45.3. The van der Waals surface area contributed by atoms with Gasteiger partial charge in [-0.2, -0.15) is 16.8 Å². The number of rotatable bonds is 16. The molecule has 0 saturated heterocycles. The molecule has 0 bridgehead atoms. The van der Waals surface area contributed by atoms with E-state index in [9.17, 15) is 25.9 Å². The number of nitrogens with zero attached hydrogens (tertiary/aromatic N) is 2. The zero-order chi connectivity index (χ0) is 44.6. The van der Waals surface area contributed by atoms with Gasteiger partial charge in [0.1, 0.15) is 0 Å². The Hall–Kier alpha value is -4.74. The molecule has 0 aromatic heterocycles. The van der Waals surface area contributed by atoms with Crippen LogP contribution in [0.1, 0.15) is 108 Å². The molecule has 0 aliphatic carbocycles. The van der Waals surface area contributed by atoms with E-state index in [1.807, 2.05) is 6.07 Å². The Morgan fingerprint density at radius 1 is 0.742 bits per heavy atom. The van der Waals surface area contributed by atoms with Crippen LogP contribution in [0.2, 0.25) is 0 Å². The lowest BCUT2D eigenvalue weighted by Crippen LogP contribution is -2.40. The van der Waals surface area contributed by atoms with Gasteiger partial charge in [-0.1, -0.05) is 133 Å². The van der Waals surface area contributed by atoms with E-state index in [4.69, 9.17) is 0 Å². The van der Waals surface area contributed by atoms with Crippen molar-refractivity contribution in [3.63, 3.8) is 0 Å². The molecule has 0 radical (unpaired) electrons. The van der Waals surface area contributed by atoms with Crippen molar-refractivity contribution >= 4 is 58.7 Å². The molecule has 5 aromatic carbocycles. The molecule has 0 spiro atoms. The molecule has 5 aromatic rings. The van der Waals surface area contributed by atoms with Crippen molar-refractivity contribution in [3.8, 4) is 0 Å². The summed E-state index contributed by atoms with van der Waals surface area (Å²) >= 11 is 0.